The van der Waals surface area contributed by atoms with Gasteiger partial charge in [0.25, 0.3) is 0 Å². The molecule has 0 saturated carbocycles. The van der Waals surface area contributed by atoms with Crippen LogP contribution in [0, 0.1) is 0 Å². The summed E-state index contributed by atoms with van der Waals surface area (Å²) in [5.74, 6) is 1.90. The zero-order valence-electron chi connectivity index (χ0n) is 23.7. The summed E-state index contributed by atoms with van der Waals surface area (Å²) in [6.45, 7) is 9.39. The predicted octanol–water partition coefficient (Wildman–Crippen LogP) is 8.47. The molecule has 0 bridgehead atoms. The van der Waals surface area contributed by atoms with E-state index in [0.717, 1.165) is 42.6 Å². The summed E-state index contributed by atoms with van der Waals surface area (Å²) in [7, 11) is 0. The summed E-state index contributed by atoms with van der Waals surface area (Å²) in [5, 5.41) is 3.21. The Morgan fingerprint density at radius 2 is 1.18 bits per heavy atom. The van der Waals surface area contributed by atoms with Gasteiger partial charge in [-0.25, -0.2) is 0 Å². The molecule has 3 aromatic rings. The highest BCUT2D eigenvalue weighted by Crippen LogP contribution is 2.25. The van der Waals surface area contributed by atoms with Gasteiger partial charge in [-0.05, 0) is 133 Å². The van der Waals surface area contributed by atoms with Gasteiger partial charge < -0.3 is 19.3 Å². The van der Waals surface area contributed by atoms with Crippen molar-refractivity contribution in [1.82, 2.24) is 9.80 Å². The fraction of sp³-hybridized carbons (Fsp3) is 0.529. The van der Waals surface area contributed by atoms with Crippen LogP contribution in [0.2, 0.25) is 5.02 Å². The smallest absolute Gasteiger partial charge is 0.127 e. The second kappa shape index (κ2) is 17.4. The normalized spacial score (nSPS) is 15.8. The number of likely N-dealkylation sites (tertiary alicyclic amines) is 2. The summed E-state index contributed by atoms with van der Waals surface area (Å²) in [6, 6.07) is 22.3. The number of hydrogen-bond donors (Lipinski definition) is 0. The van der Waals surface area contributed by atoms with Crippen LogP contribution in [0.1, 0.15) is 64.2 Å². The van der Waals surface area contributed by atoms with Crippen LogP contribution in [-0.2, 0) is 0 Å². The quantitative estimate of drug-likeness (QED) is 0.188. The molecule has 3 aromatic carbocycles. The van der Waals surface area contributed by atoms with Crippen LogP contribution in [-0.4, -0.2) is 62.3 Å². The van der Waals surface area contributed by atoms with Gasteiger partial charge in [0.1, 0.15) is 11.5 Å². The van der Waals surface area contributed by atoms with Crippen molar-refractivity contribution in [3.63, 3.8) is 0 Å². The van der Waals surface area contributed by atoms with Crippen LogP contribution in [0.4, 0.5) is 0 Å². The van der Waals surface area contributed by atoms with Gasteiger partial charge in [-0.2, -0.15) is 0 Å². The van der Waals surface area contributed by atoms with Crippen molar-refractivity contribution in [2.75, 3.05) is 52.5 Å². The third kappa shape index (κ3) is 11.0. The Bertz CT molecular complexity index is 1070. The maximum Gasteiger partial charge on any atom is 0.127 e. The minimum absolute atomic E-state index is 0.738. The van der Waals surface area contributed by atoms with Gasteiger partial charge in [-0.3, -0.25) is 0 Å². The van der Waals surface area contributed by atoms with Crippen LogP contribution in [0.3, 0.4) is 0 Å². The fourth-order valence-electron chi connectivity index (χ4n) is 5.49. The van der Waals surface area contributed by atoms with Crippen molar-refractivity contribution in [3.8, 4) is 11.5 Å². The van der Waals surface area contributed by atoms with E-state index in [0.29, 0.717) is 0 Å². The largest absolute Gasteiger partial charge is 0.494 e. The number of hydrogen-bond acceptors (Lipinski definition) is 4. The highest BCUT2D eigenvalue weighted by Gasteiger charge is 2.11. The van der Waals surface area contributed by atoms with Crippen LogP contribution in [0.15, 0.2) is 66.7 Å². The molecule has 39 heavy (non-hydrogen) atoms. The molecule has 2 saturated heterocycles. The average Bonchev–Trinajstić information content (AvgIpc) is 3.68. The first-order valence-electron chi connectivity index (χ1n) is 15.2. The number of unbranched alkanes of at least 4 members (excludes halogenated alkanes) is 4. The Balaban J connectivity index is 0.000000183. The molecule has 2 fully saturated rings. The van der Waals surface area contributed by atoms with Crippen LogP contribution < -0.4 is 9.47 Å². The van der Waals surface area contributed by atoms with Crippen LogP contribution in [0.5, 0.6) is 11.5 Å². The monoisotopic (exact) mass is 550 g/mol. The standard InChI is InChI=1S/C19H25NO.C15H22ClNO/c1(4-13-20-14-5-6-15-20)7-16-21-19-12-8-10-17-9-2-3-11-18(17)19;16-14-7-6-8-15(13-14)18-12-5-1-2-9-17-10-3-4-11-17/h2-3,8-12H,1,4-7,13-16H2;6-8,13H,1-5,9-12H2. The molecule has 0 atom stereocenters. The molecular weight excluding hydrogens is 504 g/mol. The molecule has 0 N–H and O–H groups in total. The lowest BCUT2D eigenvalue weighted by molar-refractivity contribution is 0.290. The molecule has 5 heteroatoms. The number of halogens is 1. The molecule has 2 aliphatic rings. The van der Waals surface area contributed by atoms with Crippen molar-refractivity contribution >= 4 is 22.4 Å². The molecule has 0 radical (unpaired) electrons. The van der Waals surface area contributed by atoms with E-state index >= 15 is 0 Å². The van der Waals surface area contributed by atoms with E-state index in [1.807, 2.05) is 24.3 Å². The Labute approximate surface area is 241 Å². The van der Waals surface area contributed by atoms with E-state index in [9.17, 15) is 0 Å². The Morgan fingerprint density at radius 3 is 1.85 bits per heavy atom. The first kappa shape index (κ1) is 29.7. The van der Waals surface area contributed by atoms with Crippen LogP contribution in [0.25, 0.3) is 10.8 Å². The zero-order valence-corrected chi connectivity index (χ0v) is 24.4. The number of nitrogens with zero attached hydrogens (tertiary/aromatic N) is 2. The Morgan fingerprint density at radius 1 is 0.590 bits per heavy atom. The molecule has 0 amide bonds. The van der Waals surface area contributed by atoms with E-state index in [1.165, 1.54) is 101 Å². The van der Waals surface area contributed by atoms with Crippen molar-refractivity contribution < 1.29 is 9.47 Å². The van der Waals surface area contributed by atoms with Crippen molar-refractivity contribution in [3.05, 3.63) is 71.8 Å². The van der Waals surface area contributed by atoms with Gasteiger partial charge in [-0.15, -0.1) is 0 Å². The van der Waals surface area contributed by atoms with E-state index in [4.69, 9.17) is 21.1 Å². The van der Waals surface area contributed by atoms with Gasteiger partial charge in [-0.1, -0.05) is 54.1 Å². The average molecular weight is 551 g/mol. The summed E-state index contributed by atoms with van der Waals surface area (Å²) >= 11 is 5.89. The molecule has 0 spiro atoms. The second-order valence-corrected chi connectivity index (χ2v) is 11.3. The third-order valence-corrected chi connectivity index (χ3v) is 7.94. The second-order valence-electron chi connectivity index (χ2n) is 10.9. The molecule has 4 nitrogen and oxygen atoms in total. The lowest BCUT2D eigenvalue weighted by atomic mass is 10.1. The zero-order chi connectivity index (χ0) is 27.0. The number of fused-ring (bicyclic) bond motifs is 1. The van der Waals surface area contributed by atoms with E-state index < -0.39 is 0 Å². The summed E-state index contributed by atoms with van der Waals surface area (Å²) in [5.41, 5.74) is 0. The van der Waals surface area contributed by atoms with Crippen molar-refractivity contribution in [2.45, 2.75) is 64.2 Å². The molecule has 0 unspecified atom stereocenters. The lowest BCUT2D eigenvalue weighted by Gasteiger charge is -2.14. The summed E-state index contributed by atoms with van der Waals surface area (Å²) in [4.78, 5) is 5.16. The molecule has 0 aromatic heterocycles. The van der Waals surface area contributed by atoms with E-state index in [1.54, 1.807) is 0 Å². The first-order chi connectivity index (χ1) is 19.3. The number of rotatable bonds is 14. The van der Waals surface area contributed by atoms with Crippen molar-refractivity contribution in [1.29, 1.82) is 0 Å². The first-order valence-corrected chi connectivity index (χ1v) is 15.6. The number of ether oxygens (including phenoxy) is 2. The Hall–Kier alpha value is -2.27. The fourth-order valence-corrected chi connectivity index (χ4v) is 5.67. The van der Waals surface area contributed by atoms with Gasteiger partial charge >= 0.3 is 0 Å². The van der Waals surface area contributed by atoms with Crippen molar-refractivity contribution in [2.24, 2.45) is 0 Å². The lowest BCUT2D eigenvalue weighted by Crippen LogP contribution is -2.20. The molecule has 5 rings (SSSR count). The Kier molecular flexibility index (Phi) is 13.3. The maximum absolute atomic E-state index is 5.98. The SMILES string of the molecule is Clc1cccc(OCCCCCN2CCCC2)c1.c1ccc2c(OCCCCCN3CCCC3)cccc2c1. The highest BCUT2D eigenvalue weighted by molar-refractivity contribution is 6.30. The highest BCUT2D eigenvalue weighted by atomic mass is 35.5. The molecule has 2 aliphatic heterocycles. The topological polar surface area (TPSA) is 24.9 Å². The minimum atomic E-state index is 0.738. The maximum atomic E-state index is 5.98. The summed E-state index contributed by atoms with van der Waals surface area (Å²) < 4.78 is 11.6. The third-order valence-electron chi connectivity index (χ3n) is 7.71. The van der Waals surface area contributed by atoms with E-state index in [-0.39, 0.29) is 0 Å². The molecule has 2 heterocycles. The van der Waals surface area contributed by atoms with Gasteiger partial charge in [0.2, 0.25) is 0 Å². The van der Waals surface area contributed by atoms with Crippen LogP contribution >= 0.6 is 11.6 Å². The minimum Gasteiger partial charge on any atom is -0.494 e. The molecular formula is C34H47ClN2O2. The number of benzene rings is 3. The van der Waals surface area contributed by atoms with E-state index in [2.05, 4.69) is 52.3 Å². The molecule has 212 valence electrons. The predicted molar refractivity (Wildman–Crippen MR) is 165 cm³/mol. The summed E-state index contributed by atoms with van der Waals surface area (Å²) in [6.07, 6.45) is 12.9. The molecule has 0 aliphatic carbocycles. The van der Waals surface area contributed by atoms with Gasteiger partial charge in [0, 0.05) is 10.4 Å². The van der Waals surface area contributed by atoms with Gasteiger partial charge in [0.05, 0.1) is 13.2 Å². The van der Waals surface area contributed by atoms with Gasteiger partial charge in [0.15, 0.2) is 0 Å².